The van der Waals surface area contributed by atoms with Crippen LogP contribution in [-0.2, 0) is 0 Å². The van der Waals surface area contributed by atoms with Crippen LogP contribution in [0.1, 0.15) is 18.5 Å². The predicted octanol–water partition coefficient (Wildman–Crippen LogP) is 2.87. The minimum Gasteiger partial charge on any atom is -0.406 e. The molecule has 1 unspecified atom stereocenters. The van der Waals surface area contributed by atoms with Crippen molar-refractivity contribution >= 4 is 0 Å². The lowest BCUT2D eigenvalue weighted by Crippen LogP contribution is -2.19. The van der Waals surface area contributed by atoms with Gasteiger partial charge in [0.15, 0.2) is 0 Å². The minimum absolute atomic E-state index is 0.0222. The average Bonchev–Trinajstić information content (AvgIpc) is 2.24. The highest BCUT2D eigenvalue weighted by atomic mass is 19.4. The molecule has 92 valence electrons. The van der Waals surface area contributed by atoms with Crippen molar-refractivity contribution in [3.05, 3.63) is 29.8 Å². The predicted molar refractivity (Wildman–Crippen MR) is 58.4 cm³/mol. The summed E-state index contributed by atoms with van der Waals surface area (Å²) >= 11 is 0. The summed E-state index contributed by atoms with van der Waals surface area (Å²) in [4.78, 5) is 0. The zero-order valence-electron chi connectivity index (χ0n) is 9.21. The van der Waals surface area contributed by atoms with Crippen molar-refractivity contribution in [2.45, 2.75) is 19.3 Å². The molecule has 0 aromatic heterocycles. The van der Waals surface area contributed by atoms with Gasteiger partial charge in [-0.15, -0.1) is 19.6 Å². The lowest BCUT2D eigenvalue weighted by molar-refractivity contribution is -0.274. The van der Waals surface area contributed by atoms with E-state index in [9.17, 15) is 13.2 Å². The Balaban J connectivity index is 2.65. The number of terminal acetylenes is 1. The van der Waals surface area contributed by atoms with Crippen LogP contribution in [0.3, 0.4) is 0 Å². The Hall–Kier alpha value is -1.67. The standard InChI is InChI=1S/C12H12F3NO/c1-3-8-16-9(2)10-4-6-11(7-5-10)17-12(13,14)15/h1,4-7,9,16H,8H2,2H3. The van der Waals surface area contributed by atoms with E-state index in [-0.39, 0.29) is 11.8 Å². The van der Waals surface area contributed by atoms with E-state index in [0.29, 0.717) is 6.54 Å². The topological polar surface area (TPSA) is 21.3 Å². The zero-order chi connectivity index (χ0) is 12.9. The molecule has 1 aromatic carbocycles. The lowest BCUT2D eigenvalue weighted by atomic mass is 10.1. The summed E-state index contributed by atoms with van der Waals surface area (Å²) < 4.78 is 39.5. The Bertz CT molecular complexity index is 392. The summed E-state index contributed by atoms with van der Waals surface area (Å²) in [6.07, 6.45) is 0.433. The highest BCUT2D eigenvalue weighted by molar-refractivity contribution is 5.29. The molecular formula is C12H12F3NO. The van der Waals surface area contributed by atoms with Crippen LogP contribution in [-0.4, -0.2) is 12.9 Å². The van der Waals surface area contributed by atoms with E-state index in [0.717, 1.165) is 5.56 Å². The van der Waals surface area contributed by atoms with Crippen LogP contribution in [0.15, 0.2) is 24.3 Å². The molecular weight excluding hydrogens is 231 g/mol. The van der Waals surface area contributed by atoms with Crippen molar-refractivity contribution in [1.82, 2.24) is 5.32 Å². The van der Waals surface area contributed by atoms with Crippen molar-refractivity contribution in [2.75, 3.05) is 6.54 Å². The van der Waals surface area contributed by atoms with Crippen LogP contribution in [0.5, 0.6) is 5.75 Å². The molecule has 1 rings (SSSR count). The molecule has 5 heteroatoms. The fourth-order valence-electron chi connectivity index (χ4n) is 1.29. The van der Waals surface area contributed by atoms with Gasteiger partial charge in [0.1, 0.15) is 5.75 Å². The van der Waals surface area contributed by atoms with E-state index in [1.54, 1.807) is 12.1 Å². The summed E-state index contributed by atoms with van der Waals surface area (Å²) in [5, 5.41) is 3.02. The molecule has 1 N–H and O–H groups in total. The third-order valence-electron chi connectivity index (χ3n) is 2.12. The van der Waals surface area contributed by atoms with E-state index in [2.05, 4.69) is 16.0 Å². The van der Waals surface area contributed by atoms with Crippen molar-refractivity contribution in [1.29, 1.82) is 0 Å². The normalized spacial score (nSPS) is 12.9. The van der Waals surface area contributed by atoms with Gasteiger partial charge in [0.2, 0.25) is 0 Å². The van der Waals surface area contributed by atoms with E-state index < -0.39 is 6.36 Å². The number of alkyl halides is 3. The van der Waals surface area contributed by atoms with Crippen molar-refractivity contribution in [2.24, 2.45) is 0 Å². The molecule has 0 aliphatic rings. The molecule has 17 heavy (non-hydrogen) atoms. The maximum absolute atomic E-state index is 11.9. The van der Waals surface area contributed by atoms with E-state index in [1.165, 1.54) is 12.1 Å². The first kappa shape index (κ1) is 13.4. The molecule has 0 heterocycles. The van der Waals surface area contributed by atoms with Crippen LogP contribution in [0, 0.1) is 12.3 Å². The largest absolute Gasteiger partial charge is 0.573 e. The van der Waals surface area contributed by atoms with Crippen molar-refractivity contribution in [3.63, 3.8) is 0 Å². The van der Waals surface area contributed by atoms with Gasteiger partial charge in [-0.1, -0.05) is 18.1 Å². The van der Waals surface area contributed by atoms with Crippen LogP contribution < -0.4 is 10.1 Å². The Morgan fingerprint density at radius 3 is 2.41 bits per heavy atom. The van der Waals surface area contributed by atoms with Crippen LogP contribution in [0.4, 0.5) is 13.2 Å². The monoisotopic (exact) mass is 243 g/mol. The summed E-state index contributed by atoms with van der Waals surface area (Å²) in [7, 11) is 0. The number of ether oxygens (including phenoxy) is 1. The Morgan fingerprint density at radius 1 is 1.35 bits per heavy atom. The number of halogens is 3. The number of hydrogen-bond acceptors (Lipinski definition) is 2. The molecule has 0 saturated carbocycles. The van der Waals surface area contributed by atoms with Gasteiger partial charge < -0.3 is 4.74 Å². The van der Waals surface area contributed by atoms with Crippen LogP contribution in [0.25, 0.3) is 0 Å². The number of benzene rings is 1. The fraction of sp³-hybridized carbons (Fsp3) is 0.333. The summed E-state index contributed by atoms with van der Waals surface area (Å²) in [6.45, 7) is 2.28. The molecule has 2 nitrogen and oxygen atoms in total. The van der Waals surface area contributed by atoms with Gasteiger partial charge in [-0.3, -0.25) is 5.32 Å². The van der Waals surface area contributed by atoms with Gasteiger partial charge in [0.25, 0.3) is 0 Å². The minimum atomic E-state index is -4.66. The number of hydrogen-bond donors (Lipinski definition) is 1. The molecule has 0 amide bonds. The molecule has 1 aromatic rings. The molecule has 1 atom stereocenters. The van der Waals surface area contributed by atoms with Gasteiger partial charge in [0.05, 0.1) is 6.54 Å². The summed E-state index contributed by atoms with van der Waals surface area (Å²) in [5.41, 5.74) is 0.842. The first-order chi connectivity index (χ1) is 7.92. The Labute approximate surface area is 97.8 Å². The first-order valence-electron chi connectivity index (χ1n) is 4.95. The smallest absolute Gasteiger partial charge is 0.406 e. The van der Waals surface area contributed by atoms with Gasteiger partial charge in [-0.25, -0.2) is 0 Å². The fourth-order valence-corrected chi connectivity index (χ4v) is 1.29. The maximum Gasteiger partial charge on any atom is 0.573 e. The molecule has 0 radical (unpaired) electrons. The van der Waals surface area contributed by atoms with Crippen molar-refractivity contribution in [3.8, 4) is 18.1 Å². The third-order valence-corrected chi connectivity index (χ3v) is 2.12. The zero-order valence-corrected chi connectivity index (χ0v) is 9.21. The highest BCUT2D eigenvalue weighted by Crippen LogP contribution is 2.24. The quantitative estimate of drug-likeness (QED) is 0.821. The number of rotatable bonds is 4. The Morgan fingerprint density at radius 2 is 1.94 bits per heavy atom. The average molecular weight is 243 g/mol. The first-order valence-corrected chi connectivity index (χ1v) is 4.95. The van der Waals surface area contributed by atoms with E-state index in [4.69, 9.17) is 6.42 Å². The van der Waals surface area contributed by atoms with Gasteiger partial charge in [0, 0.05) is 6.04 Å². The van der Waals surface area contributed by atoms with Crippen LogP contribution in [0.2, 0.25) is 0 Å². The third kappa shape index (κ3) is 4.79. The second-order valence-electron chi connectivity index (χ2n) is 3.42. The second kappa shape index (κ2) is 5.60. The van der Waals surface area contributed by atoms with E-state index >= 15 is 0 Å². The molecule has 0 fully saturated rings. The lowest BCUT2D eigenvalue weighted by Gasteiger charge is -2.13. The SMILES string of the molecule is C#CCNC(C)c1ccc(OC(F)(F)F)cc1. The summed E-state index contributed by atoms with van der Waals surface area (Å²) in [5.74, 6) is 2.20. The van der Waals surface area contributed by atoms with E-state index in [1.807, 2.05) is 6.92 Å². The van der Waals surface area contributed by atoms with Gasteiger partial charge >= 0.3 is 6.36 Å². The number of nitrogens with one attached hydrogen (secondary N) is 1. The Kier molecular flexibility index (Phi) is 4.41. The van der Waals surface area contributed by atoms with Gasteiger partial charge in [-0.05, 0) is 24.6 Å². The molecule has 0 saturated heterocycles. The maximum atomic E-state index is 11.9. The van der Waals surface area contributed by atoms with Crippen LogP contribution >= 0.6 is 0 Å². The summed E-state index contributed by atoms with van der Waals surface area (Å²) in [6, 6.07) is 5.66. The molecule has 0 aliphatic carbocycles. The molecule has 0 aliphatic heterocycles. The van der Waals surface area contributed by atoms with Gasteiger partial charge in [-0.2, -0.15) is 0 Å². The van der Waals surface area contributed by atoms with Crippen molar-refractivity contribution < 1.29 is 17.9 Å². The molecule has 0 bridgehead atoms. The molecule has 0 spiro atoms. The highest BCUT2D eigenvalue weighted by Gasteiger charge is 2.30. The second-order valence-corrected chi connectivity index (χ2v) is 3.42.